The SMILES string of the molecule is CCCN(CC(=O)Nc1ccc(F)c(F)c1F)C(=O)Cc1ccc(OCC)cc1. The molecule has 2 aromatic rings. The minimum atomic E-state index is -1.67. The maximum atomic E-state index is 13.7. The van der Waals surface area contributed by atoms with Gasteiger partial charge in [-0.2, -0.15) is 0 Å². The van der Waals surface area contributed by atoms with Gasteiger partial charge in [0.1, 0.15) is 5.75 Å². The predicted octanol–water partition coefficient (Wildman–Crippen LogP) is 3.92. The van der Waals surface area contributed by atoms with E-state index in [1.807, 2.05) is 13.8 Å². The normalized spacial score (nSPS) is 10.5. The Hall–Kier alpha value is -3.03. The Morgan fingerprint density at radius 1 is 1.00 bits per heavy atom. The highest BCUT2D eigenvalue weighted by Gasteiger charge is 2.19. The molecule has 1 N–H and O–H groups in total. The lowest BCUT2D eigenvalue weighted by Gasteiger charge is -2.22. The molecule has 2 aromatic carbocycles. The number of carbonyl (C=O) groups excluding carboxylic acids is 2. The number of amides is 2. The molecule has 8 heteroatoms. The lowest BCUT2D eigenvalue weighted by molar-refractivity contribution is -0.134. The summed E-state index contributed by atoms with van der Waals surface area (Å²) in [5.41, 5.74) is 0.274. The van der Waals surface area contributed by atoms with Gasteiger partial charge in [0, 0.05) is 6.54 Å². The van der Waals surface area contributed by atoms with Gasteiger partial charge in [0.2, 0.25) is 11.8 Å². The van der Waals surface area contributed by atoms with Gasteiger partial charge in [-0.15, -0.1) is 0 Å². The molecule has 2 amide bonds. The van der Waals surface area contributed by atoms with Crippen LogP contribution in [0.25, 0.3) is 0 Å². The van der Waals surface area contributed by atoms with Crippen molar-refractivity contribution in [2.45, 2.75) is 26.7 Å². The Morgan fingerprint density at radius 3 is 2.31 bits per heavy atom. The smallest absolute Gasteiger partial charge is 0.244 e. The number of hydrogen-bond donors (Lipinski definition) is 1. The lowest BCUT2D eigenvalue weighted by atomic mass is 10.1. The van der Waals surface area contributed by atoms with Gasteiger partial charge in [-0.25, -0.2) is 13.2 Å². The summed E-state index contributed by atoms with van der Waals surface area (Å²) >= 11 is 0. The van der Waals surface area contributed by atoms with Gasteiger partial charge >= 0.3 is 0 Å². The molecule has 0 saturated heterocycles. The van der Waals surface area contributed by atoms with Gasteiger partial charge in [0.15, 0.2) is 17.5 Å². The van der Waals surface area contributed by atoms with Crippen LogP contribution in [0.3, 0.4) is 0 Å². The van der Waals surface area contributed by atoms with Crippen molar-refractivity contribution in [3.8, 4) is 5.75 Å². The van der Waals surface area contributed by atoms with Crippen LogP contribution in [0.4, 0.5) is 18.9 Å². The highest BCUT2D eigenvalue weighted by atomic mass is 19.2. The van der Waals surface area contributed by atoms with Crippen LogP contribution in [0.5, 0.6) is 5.75 Å². The van der Waals surface area contributed by atoms with E-state index in [0.717, 1.165) is 17.7 Å². The van der Waals surface area contributed by atoms with Crippen LogP contribution < -0.4 is 10.1 Å². The molecule has 0 saturated carbocycles. The standard InChI is InChI=1S/C21H23F3N2O3/c1-3-11-26(19(28)12-14-5-7-15(8-6-14)29-4-2)13-18(27)25-17-10-9-16(22)20(23)21(17)24/h5-10H,3-4,11-13H2,1-2H3,(H,25,27). The van der Waals surface area contributed by atoms with Crippen molar-refractivity contribution in [3.63, 3.8) is 0 Å². The predicted molar refractivity (Wildman–Crippen MR) is 103 cm³/mol. The fourth-order valence-corrected chi connectivity index (χ4v) is 2.70. The van der Waals surface area contributed by atoms with Gasteiger partial charge in [-0.05, 0) is 43.2 Å². The highest BCUT2D eigenvalue weighted by molar-refractivity contribution is 5.94. The van der Waals surface area contributed by atoms with Crippen LogP contribution in [-0.4, -0.2) is 36.4 Å². The molecule has 0 fully saturated rings. The fourth-order valence-electron chi connectivity index (χ4n) is 2.70. The van der Waals surface area contributed by atoms with Crippen molar-refractivity contribution in [1.82, 2.24) is 4.90 Å². The van der Waals surface area contributed by atoms with Crippen LogP contribution in [0.15, 0.2) is 36.4 Å². The van der Waals surface area contributed by atoms with Gasteiger partial charge in [0.05, 0.1) is 25.3 Å². The minimum Gasteiger partial charge on any atom is -0.494 e. The molecule has 5 nitrogen and oxygen atoms in total. The molecule has 0 radical (unpaired) electrons. The van der Waals surface area contributed by atoms with E-state index < -0.39 is 29.0 Å². The number of nitrogens with one attached hydrogen (secondary N) is 1. The van der Waals surface area contributed by atoms with Gasteiger partial charge in [0.25, 0.3) is 0 Å². The molecular weight excluding hydrogens is 385 g/mol. The Morgan fingerprint density at radius 2 is 1.69 bits per heavy atom. The van der Waals surface area contributed by atoms with Gasteiger partial charge < -0.3 is 15.0 Å². The Kier molecular flexibility index (Phi) is 8.06. The zero-order valence-corrected chi connectivity index (χ0v) is 16.3. The first-order chi connectivity index (χ1) is 13.8. The Balaban J connectivity index is 2.01. The van der Waals surface area contributed by atoms with Crippen molar-refractivity contribution < 1.29 is 27.5 Å². The first-order valence-electron chi connectivity index (χ1n) is 9.28. The summed E-state index contributed by atoms with van der Waals surface area (Å²) in [6, 6.07) is 8.70. The monoisotopic (exact) mass is 408 g/mol. The topological polar surface area (TPSA) is 58.6 Å². The maximum Gasteiger partial charge on any atom is 0.244 e. The zero-order chi connectivity index (χ0) is 21.4. The third kappa shape index (κ3) is 6.23. The number of halogens is 3. The molecule has 0 atom stereocenters. The summed E-state index contributed by atoms with van der Waals surface area (Å²) in [6.45, 7) is 4.25. The first kappa shape index (κ1) is 22.3. The number of ether oxygens (including phenoxy) is 1. The minimum absolute atomic E-state index is 0.0826. The summed E-state index contributed by atoms with van der Waals surface area (Å²) in [5, 5.41) is 2.18. The molecular formula is C21H23F3N2O3. The van der Waals surface area contributed by atoms with E-state index in [0.29, 0.717) is 25.3 Å². The summed E-state index contributed by atoms with van der Waals surface area (Å²) in [5.74, 6) is -4.79. The summed E-state index contributed by atoms with van der Waals surface area (Å²) in [7, 11) is 0. The summed E-state index contributed by atoms with van der Waals surface area (Å²) in [4.78, 5) is 26.1. The van der Waals surface area contributed by atoms with Crippen molar-refractivity contribution in [1.29, 1.82) is 0 Å². The van der Waals surface area contributed by atoms with Crippen LogP contribution in [-0.2, 0) is 16.0 Å². The first-order valence-corrected chi connectivity index (χ1v) is 9.28. The largest absolute Gasteiger partial charge is 0.494 e. The number of anilines is 1. The molecule has 2 rings (SSSR count). The molecule has 0 aliphatic rings. The van der Waals surface area contributed by atoms with Crippen LogP contribution in [0.1, 0.15) is 25.8 Å². The van der Waals surface area contributed by atoms with Crippen LogP contribution >= 0.6 is 0 Å². The van der Waals surface area contributed by atoms with E-state index in [4.69, 9.17) is 4.74 Å². The molecule has 0 bridgehead atoms. The lowest BCUT2D eigenvalue weighted by Crippen LogP contribution is -2.39. The Labute approximate surface area is 167 Å². The van der Waals surface area contributed by atoms with Crippen molar-refractivity contribution >= 4 is 17.5 Å². The van der Waals surface area contributed by atoms with Crippen molar-refractivity contribution in [3.05, 3.63) is 59.4 Å². The summed E-state index contributed by atoms with van der Waals surface area (Å²) < 4.78 is 45.4. The third-order valence-corrected chi connectivity index (χ3v) is 4.08. The van der Waals surface area contributed by atoms with Gasteiger partial charge in [-0.1, -0.05) is 19.1 Å². The second-order valence-electron chi connectivity index (χ2n) is 6.34. The van der Waals surface area contributed by atoms with Gasteiger partial charge in [-0.3, -0.25) is 9.59 Å². The summed E-state index contributed by atoms with van der Waals surface area (Å²) in [6.07, 6.45) is 0.695. The highest BCUT2D eigenvalue weighted by Crippen LogP contribution is 2.19. The van der Waals surface area contributed by atoms with E-state index in [1.165, 1.54) is 4.90 Å². The quantitative estimate of drug-likeness (QED) is 0.640. The second-order valence-corrected chi connectivity index (χ2v) is 6.34. The number of benzene rings is 2. The number of rotatable bonds is 9. The van der Waals surface area contributed by atoms with E-state index in [1.54, 1.807) is 24.3 Å². The van der Waals surface area contributed by atoms with Crippen LogP contribution in [0, 0.1) is 17.5 Å². The number of nitrogens with zero attached hydrogens (tertiary/aromatic N) is 1. The molecule has 0 aromatic heterocycles. The molecule has 29 heavy (non-hydrogen) atoms. The molecule has 156 valence electrons. The molecule has 0 unspecified atom stereocenters. The van der Waals surface area contributed by atoms with E-state index in [2.05, 4.69) is 5.32 Å². The van der Waals surface area contributed by atoms with E-state index in [-0.39, 0.29) is 18.9 Å². The average molecular weight is 408 g/mol. The molecule has 0 aliphatic heterocycles. The second kappa shape index (κ2) is 10.5. The molecule has 0 aliphatic carbocycles. The number of carbonyl (C=O) groups is 2. The van der Waals surface area contributed by atoms with E-state index >= 15 is 0 Å². The van der Waals surface area contributed by atoms with Crippen molar-refractivity contribution in [2.75, 3.05) is 25.0 Å². The van der Waals surface area contributed by atoms with E-state index in [9.17, 15) is 22.8 Å². The van der Waals surface area contributed by atoms with Crippen molar-refractivity contribution in [2.24, 2.45) is 0 Å². The van der Waals surface area contributed by atoms with Crippen LogP contribution in [0.2, 0.25) is 0 Å². The third-order valence-electron chi connectivity index (χ3n) is 4.08. The molecule has 0 heterocycles. The molecule has 0 spiro atoms. The zero-order valence-electron chi connectivity index (χ0n) is 16.3. The number of hydrogen-bond acceptors (Lipinski definition) is 3. The maximum absolute atomic E-state index is 13.7. The Bertz CT molecular complexity index is 857. The average Bonchev–Trinajstić information content (AvgIpc) is 2.70. The fraction of sp³-hybridized carbons (Fsp3) is 0.333.